The standard InChI is InChI=1S/C67H40B2N4O/c74-67-72-62-37-50-48-27-11-13-31-58(48)70(44-21-3-1-4-22-44)60(50)39-56(62)68(52-29-15-19-41-17-7-9-25-46(41)52)54-35-33-43-34-36-55-66(64(43)65(54)72)73(67)63-38-51-49-28-12-14-32-59(49)71(45-23-5-2-6-24-45)61(51)40-57(63)69(55)53-30-16-20-42-18-8-10-26-47(42)53/h1-40H. The fourth-order valence-electron chi connectivity index (χ4n) is 13.7. The molecular formula is C67H40B2N4O. The zero-order chi connectivity index (χ0) is 48.3. The smallest absolute Gasteiger partial charge is 0.309 e. The topological polar surface area (TPSA) is 33.4 Å². The Labute approximate surface area is 426 Å². The average molecular weight is 939 g/mol. The minimum atomic E-state index is -0.193. The molecule has 2 aromatic heterocycles. The number of nitrogens with zero attached hydrogens (tertiary/aromatic N) is 4. The molecular weight excluding hydrogens is 898 g/mol. The molecule has 2 amide bonds. The van der Waals surface area contributed by atoms with E-state index in [1.807, 2.05) is 0 Å². The molecule has 0 saturated heterocycles. The van der Waals surface area contributed by atoms with Gasteiger partial charge in [-0.05, 0) is 109 Å². The van der Waals surface area contributed by atoms with Crippen LogP contribution >= 0.6 is 0 Å². The first-order chi connectivity index (χ1) is 36.7. The van der Waals surface area contributed by atoms with E-state index in [-0.39, 0.29) is 19.5 Å². The van der Waals surface area contributed by atoms with Gasteiger partial charge < -0.3 is 9.13 Å². The minimum Gasteiger partial charge on any atom is -0.309 e. The second-order valence-electron chi connectivity index (χ2n) is 20.3. The van der Waals surface area contributed by atoms with E-state index in [4.69, 9.17) is 0 Å². The number of anilines is 4. The van der Waals surface area contributed by atoms with E-state index in [1.165, 1.54) is 32.5 Å². The summed E-state index contributed by atoms with van der Waals surface area (Å²) < 4.78 is 4.80. The van der Waals surface area contributed by atoms with Crippen LogP contribution in [0.5, 0.6) is 0 Å². The Morgan fingerprint density at radius 3 is 1.16 bits per heavy atom. The molecule has 7 heteroatoms. The summed E-state index contributed by atoms with van der Waals surface area (Å²) in [6.45, 7) is -0.385. The number of carbonyl (C=O) groups is 1. The first-order valence-corrected chi connectivity index (χ1v) is 25.6. The summed E-state index contributed by atoms with van der Waals surface area (Å²) in [7, 11) is 0. The van der Waals surface area contributed by atoms with Crippen LogP contribution in [0.2, 0.25) is 0 Å². The first kappa shape index (κ1) is 40.1. The Bertz CT molecular complexity index is 4480. The van der Waals surface area contributed by atoms with E-state index < -0.39 is 0 Å². The molecule has 17 rings (SSSR count). The minimum absolute atomic E-state index is 0.0776. The van der Waals surface area contributed by atoms with Crippen molar-refractivity contribution in [1.29, 1.82) is 0 Å². The molecule has 0 saturated carbocycles. The maximum absolute atomic E-state index is 16.9. The molecule has 5 heterocycles. The van der Waals surface area contributed by atoms with Gasteiger partial charge in [0.2, 0.25) is 13.4 Å². The summed E-state index contributed by atoms with van der Waals surface area (Å²) in [5, 5.41) is 11.5. The predicted octanol–water partition coefficient (Wildman–Crippen LogP) is 12.4. The van der Waals surface area contributed by atoms with Crippen molar-refractivity contribution < 1.29 is 4.79 Å². The molecule has 0 aliphatic carbocycles. The van der Waals surface area contributed by atoms with Crippen LogP contribution in [0.15, 0.2) is 243 Å². The maximum Gasteiger partial charge on any atom is 0.338 e. The van der Waals surface area contributed by atoms with Crippen LogP contribution in [-0.4, -0.2) is 28.6 Å². The number of benzene rings is 12. The molecule has 0 fully saturated rings. The van der Waals surface area contributed by atoms with Crippen molar-refractivity contribution in [1.82, 2.24) is 9.13 Å². The van der Waals surface area contributed by atoms with E-state index >= 15 is 4.79 Å². The van der Waals surface area contributed by atoms with E-state index in [2.05, 4.69) is 262 Å². The van der Waals surface area contributed by atoms with E-state index in [9.17, 15) is 0 Å². The Kier molecular flexibility index (Phi) is 7.99. The number of amides is 2. The SMILES string of the molecule is O=C1N2c3cc4c5ccccc5n(-c5ccccc5)c4cc3B(c3cccc4ccccc34)c3ccc4ccc5c(c4c32)N1c1cc2c3ccccc3n(-c3ccccc3)c2cc1B5c1cccc2ccccc12. The van der Waals surface area contributed by atoms with Gasteiger partial charge in [-0.2, -0.15) is 0 Å². The van der Waals surface area contributed by atoms with Crippen molar-refractivity contribution in [2.75, 3.05) is 9.80 Å². The molecule has 74 heavy (non-hydrogen) atoms. The van der Waals surface area contributed by atoms with Gasteiger partial charge in [0.05, 0.1) is 33.4 Å². The Morgan fingerprint density at radius 2 is 0.689 bits per heavy atom. The molecule has 14 aromatic rings. The molecule has 0 unspecified atom stereocenters. The molecule has 3 aliphatic heterocycles. The fraction of sp³-hybridized carbons (Fsp3) is 0. The van der Waals surface area contributed by atoms with Crippen LogP contribution in [0.3, 0.4) is 0 Å². The van der Waals surface area contributed by atoms with Gasteiger partial charge in [0.15, 0.2) is 0 Å². The van der Waals surface area contributed by atoms with Gasteiger partial charge in [-0.15, -0.1) is 0 Å². The highest BCUT2D eigenvalue weighted by Crippen LogP contribution is 2.49. The molecule has 0 N–H and O–H groups in total. The third-order valence-electron chi connectivity index (χ3n) is 16.7. The third kappa shape index (κ3) is 5.22. The lowest BCUT2D eigenvalue weighted by Gasteiger charge is -2.46. The van der Waals surface area contributed by atoms with Crippen LogP contribution in [0.4, 0.5) is 27.5 Å². The number of para-hydroxylation sites is 4. The molecule has 0 bridgehead atoms. The second-order valence-corrected chi connectivity index (χ2v) is 20.3. The number of hydrogen-bond donors (Lipinski definition) is 0. The number of aromatic nitrogens is 2. The lowest BCUT2D eigenvalue weighted by Crippen LogP contribution is -2.64. The van der Waals surface area contributed by atoms with Crippen LogP contribution in [0.25, 0.3) is 87.3 Å². The zero-order valence-corrected chi connectivity index (χ0v) is 39.9. The molecule has 12 aromatic carbocycles. The van der Waals surface area contributed by atoms with Gasteiger partial charge in [0.1, 0.15) is 0 Å². The molecule has 0 atom stereocenters. The van der Waals surface area contributed by atoms with Crippen molar-refractivity contribution in [2.24, 2.45) is 0 Å². The van der Waals surface area contributed by atoms with Gasteiger partial charge in [-0.25, -0.2) is 4.79 Å². The highest BCUT2D eigenvalue weighted by atomic mass is 16.2. The van der Waals surface area contributed by atoms with Crippen LogP contribution < -0.4 is 42.6 Å². The lowest BCUT2D eigenvalue weighted by molar-refractivity contribution is 0.255. The van der Waals surface area contributed by atoms with Crippen LogP contribution in [-0.2, 0) is 0 Å². The average Bonchev–Trinajstić information content (AvgIpc) is 4.01. The summed E-state index contributed by atoms with van der Waals surface area (Å²) >= 11 is 0. The number of fused-ring (bicyclic) bond motifs is 12. The van der Waals surface area contributed by atoms with Crippen LogP contribution in [0, 0.1) is 0 Å². The number of rotatable bonds is 4. The molecule has 0 spiro atoms. The predicted molar refractivity (Wildman–Crippen MR) is 312 cm³/mol. The summed E-state index contributed by atoms with van der Waals surface area (Å²) in [4.78, 5) is 21.1. The lowest BCUT2D eigenvalue weighted by atomic mass is 9.33. The van der Waals surface area contributed by atoms with E-state index in [0.717, 1.165) is 110 Å². The Balaban J connectivity index is 1.03. The van der Waals surface area contributed by atoms with Crippen molar-refractivity contribution >= 4 is 151 Å². The number of hydrogen-bond acceptors (Lipinski definition) is 1. The largest absolute Gasteiger partial charge is 0.338 e. The Hall–Kier alpha value is -9.58. The van der Waals surface area contributed by atoms with Crippen LogP contribution in [0.1, 0.15) is 0 Å². The van der Waals surface area contributed by atoms with Crippen molar-refractivity contribution in [2.45, 2.75) is 0 Å². The van der Waals surface area contributed by atoms with Gasteiger partial charge >= 0.3 is 6.03 Å². The van der Waals surface area contributed by atoms with Crippen molar-refractivity contribution in [3.05, 3.63) is 243 Å². The van der Waals surface area contributed by atoms with Gasteiger partial charge in [0.25, 0.3) is 0 Å². The summed E-state index contributed by atoms with van der Waals surface area (Å²) in [5.74, 6) is 0. The molecule has 340 valence electrons. The van der Waals surface area contributed by atoms with Gasteiger partial charge in [0, 0.05) is 49.7 Å². The van der Waals surface area contributed by atoms with Crippen molar-refractivity contribution in [3.8, 4) is 11.4 Å². The molecule has 3 aliphatic rings. The maximum atomic E-state index is 16.9. The summed E-state index contributed by atoms with van der Waals surface area (Å²) in [6, 6.07) is 88.4. The summed E-state index contributed by atoms with van der Waals surface area (Å²) in [5.41, 5.74) is 17.3. The highest BCUT2D eigenvalue weighted by molar-refractivity contribution is 7.01. The fourth-order valence-corrected chi connectivity index (χ4v) is 13.7. The number of carbonyl (C=O) groups excluding carboxylic acids is 1. The monoisotopic (exact) mass is 938 g/mol. The highest BCUT2D eigenvalue weighted by Gasteiger charge is 2.49. The number of urea groups is 1. The van der Waals surface area contributed by atoms with Gasteiger partial charge in [-0.3, -0.25) is 9.80 Å². The van der Waals surface area contributed by atoms with Crippen molar-refractivity contribution in [3.63, 3.8) is 0 Å². The quantitative estimate of drug-likeness (QED) is 0.162. The van der Waals surface area contributed by atoms with E-state index in [0.29, 0.717) is 0 Å². The third-order valence-corrected chi connectivity index (χ3v) is 16.7. The molecule has 5 nitrogen and oxygen atoms in total. The van der Waals surface area contributed by atoms with E-state index in [1.54, 1.807) is 0 Å². The normalized spacial score (nSPS) is 13.6. The second kappa shape index (κ2) is 14.8. The first-order valence-electron chi connectivity index (χ1n) is 25.6. The Morgan fingerprint density at radius 1 is 0.284 bits per heavy atom. The summed E-state index contributed by atoms with van der Waals surface area (Å²) in [6.07, 6.45) is 0. The zero-order valence-electron chi connectivity index (χ0n) is 39.9. The molecule has 0 radical (unpaired) electrons. The van der Waals surface area contributed by atoms with Gasteiger partial charge in [-0.1, -0.05) is 193 Å².